The van der Waals surface area contributed by atoms with Crippen molar-refractivity contribution in [1.82, 2.24) is 0 Å². The van der Waals surface area contributed by atoms with E-state index in [-0.39, 0.29) is 0 Å². The van der Waals surface area contributed by atoms with E-state index in [1.165, 1.54) is 95.5 Å². The first-order valence-corrected chi connectivity index (χ1v) is 12.6. The van der Waals surface area contributed by atoms with Crippen LogP contribution in [0.3, 0.4) is 0 Å². The predicted octanol–water partition coefficient (Wildman–Crippen LogP) is 8.50. The largest absolute Gasteiger partial charge is 0.0951 e. The Morgan fingerprint density at radius 2 is 1.43 bits per heavy atom. The summed E-state index contributed by atoms with van der Waals surface area (Å²) in [6.07, 6.45) is 22.6. The monoisotopic (exact) mass is 402 g/mol. The Kier molecular flexibility index (Phi) is 12.9. The Hall–Kier alpha value is -1.92. The van der Waals surface area contributed by atoms with E-state index < -0.39 is 0 Å². The van der Waals surface area contributed by atoms with Gasteiger partial charge in [-0.25, -0.2) is 0 Å². The predicted molar refractivity (Wildman–Crippen MR) is 132 cm³/mol. The molecule has 162 valence electrons. The Labute approximate surface area is 186 Å². The molecule has 0 aliphatic heterocycles. The zero-order valence-corrected chi connectivity index (χ0v) is 19.5. The van der Waals surface area contributed by atoms with Gasteiger partial charge < -0.3 is 0 Å². The van der Waals surface area contributed by atoms with Gasteiger partial charge in [0.05, 0.1) is 0 Å². The molecule has 0 atom stereocenters. The van der Waals surface area contributed by atoms with Crippen LogP contribution in [-0.2, 0) is 6.42 Å². The number of aryl methyl sites for hydroxylation is 1. The van der Waals surface area contributed by atoms with Crippen LogP contribution in [0.25, 0.3) is 0 Å². The zero-order chi connectivity index (χ0) is 21.3. The minimum absolute atomic E-state index is 0.597. The fourth-order valence-corrected chi connectivity index (χ4v) is 4.34. The smallest absolute Gasteiger partial charge is 0.0249 e. The van der Waals surface area contributed by atoms with Gasteiger partial charge in [-0.15, -0.1) is 0 Å². The van der Waals surface area contributed by atoms with Crippen molar-refractivity contribution in [3.05, 3.63) is 47.5 Å². The van der Waals surface area contributed by atoms with Gasteiger partial charge in [0, 0.05) is 11.5 Å². The molecule has 1 aliphatic rings. The van der Waals surface area contributed by atoms with Crippen molar-refractivity contribution in [2.24, 2.45) is 11.8 Å². The number of hydrogen-bond acceptors (Lipinski definition) is 0. The molecule has 0 heterocycles. The first kappa shape index (κ1) is 24.4. The summed E-state index contributed by atoms with van der Waals surface area (Å²) in [6, 6.07) is 8.73. The third-order valence-corrected chi connectivity index (χ3v) is 6.34. The minimum atomic E-state index is 0.597. The van der Waals surface area contributed by atoms with E-state index in [9.17, 15) is 0 Å². The lowest BCUT2D eigenvalue weighted by molar-refractivity contribution is 0.294. The topological polar surface area (TPSA) is 0 Å². The highest BCUT2D eigenvalue weighted by atomic mass is 14.2. The molecule has 1 aromatic rings. The van der Waals surface area contributed by atoms with Crippen LogP contribution in [0, 0.1) is 35.5 Å². The molecule has 30 heavy (non-hydrogen) atoms. The summed E-state index contributed by atoms with van der Waals surface area (Å²) in [7, 11) is 0. The maximum absolute atomic E-state index is 3.45. The van der Waals surface area contributed by atoms with Gasteiger partial charge in [-0.3, -0.25) is 0 Å². The molecule has 1 saturated carbocycles. The zero-order valence-electron chi connectivity index (χ0n) is 19.5. The summed E-state index contributed by atoms with van der Waals surface area (Å²) in [5.41, 5.74) is 2.51. The summed E-state index contributed by atoms with van der Waals surface area (Å²) in [5, 5.41) is 0. The quantitative estimate of drug-likeness (QED) is 0.272. The van der Waals surface area contributed by atoms with Gasteiger partial charge in [-0.05, 0) is 74.3 Å². The van der Waals surface area contributed by atoms with Gasteiger partial charge in [0.15, 0.2) is 0 Å². The van der Waals surface area contributed by atoms with Crippen molar-refractivity contribution in [2.45, 2.75) is 104 Å². The maximum Gasteiger partial charge on any atom is 0.0249 e. The second-order valence-electron chi connectivity index (χ2n) is 8.97. The SMILES string of the molecule is CCCCCCc1ccc(C#C/C=C/C#CC2CCC(CCCCCC)CC2)cc1. The molecule has 0 N–H and O–H groups in total. The average molecular weight is 403 g/mol. The van der Waals surface area contributed by atoms with Crippen LogP contribution < -0.4 is 0 Å². The highest BCUT2D eigenvalue weighted by molar-refractivity contribution is 5.39. The lowest BCUT2D eigenvalue weighted by Gasteiger charge is -2.25. The van der Waals surface area contributed by atoms with Crippen LogP contribution in [-0.4, -0.2) is 0 Å². The van der Waals surface area contributed by atoms with Crippen molar-refractivity contribution >= 4 is 0 Å². The summed E-state index contributed by atoms with van der Waals surface area (Å²) >= 11 is 0. The van der Waals surface area contributed by atoms with Crippen molar-refractivity contribution in [3.63, 3.8) is 0 Å². The highest BCUT2D eigenvalue weighted by Gasteiger charge is 2.19. The molecule has 0 saturated heterocycles. The Bertz CT molecular complexity index is 705. The minimum Gasteiger partial charge on any atom is -0.0951 e. The molecule has 1 fully saturated rings. The normalized spacial score (nSPS) is 18.5. The van der Waals surface area contributed by atoms with E-state index in [0.717, 1.165) is 11.5 Å². The molecule has 0 heteroatoms. The van der Waals surface area contributed by atoms with E-state index >= 15 is 0 Å². The molecule has 1 aromatic carbocycles. The van der Waals surface area contributed by atoms with Crippen LogP contribution in [0.2, 0.25) is 0 Å². The standard InChI is InChI=1S/C30H42/c1-3-5-7-11-15-27-19-23-29(24-20-27)17-13-9-10-14-18-30-25-21-28(22-26-30)16-12-8-6-4-2/h9-10,19-20,23-24,28,30H,3-8,11-12,15-16,21-22,25-26H2,1-2H3/b10-9+. The second kappa shape index (κ2) is 15.9. The van der Waals surface area contributed by atoms with Crippen LogP contribution in [0.5, 0.6) is 0 Å². The van der Waals surface area contributed by atoms with Crippen LogP contribution in [0.1, 0.15) is 108 Å². The molecular weight excluding hydrogens is 360 g/mol. The first-order valence-electron chi connectivity index (χ1n) is 12.6. The van der Waals surface area contributed by atoms with Crippen molar-refractivity contribution in [3.8, 4) is 23.7 Å². The van der Waals surface area contributed by atoms with Gasteiger partial charge in [0.1, 0.15) is 0 Å². The Balaban J connectivity index is 1.64. The van der Waals surface area contributed by atoms with Crippen molar-refractivity contribution in [1.29, 1.82) is 0 Å². The Morgan fingerprint density at radius 3 is 2.13 bits per heavy atom. The highest BCUT2D eigenvalue weighted by Crippen LogP contribution is 2.31. The lowest BCUT2D eigenvalue weighted by atomic mass is 9.80. The lowest BCUT2D eigenvalue weighted by Crippen LogP contribution is -2.13. The van der Waals surface area contributed by atoms with Crippen LogP contribution >= 0.6 is 0 Å². The number of allylic oxidation sites excluding steroid dienone is 2. The molecule has 0 amide bonds. The molecular formula is C30H42. The van der Waals surface area contributed by atoms with Crippen LogP contribution in [0.15, 0.2) is 36.4 Å². The van der Waals surface area contributed by atoms with Gasteiger partial charge >= 0.3 is 0 Å². The van der Waals surface area contributed by atoms with Gasteiger partial charge in [0.2, 0.25) is 0 Å². The molecule has 2 rings (SSSR count). The van der Waals surface area contributed by atoms with Crippen LogP contribution in [0.4, 0.5) is 0 Å². The summed E-state index contributed by atoms with van der Waals surface area (Å²) in [6.45, 7) is 4.55. The number of benzene rings is 1. The molecule has 0 radical (unpaired) electrons. The average Bonchev–Trinajstić information content (AvgIpc) is 2.78. The van der Waals surface area contributed by atoms with Gasteiger partial charge in [-0.2, -0.15) is 0 Å². The second-order valence-corrected chi connectivity index (χ2v) is 8.97. The third-order valence-electron chi connectivity index (χ3n) is 6.34. The maximum atomic E-state index is 3.45. The molecule has 0 bridgehead atoms. The molecule has 0 unspecified atom stereocenters. The molecule has 0 spiro atoms. The molecule has 0 aromatic heterocycles. The van der Waals surface area contributed by atoms with Gasteiger partial charge in [0.25, 0.3) is 0 Å². The van der Waals surface area contributed by atoms with E-state index in [1.54, 1.807) is 0 Å². The number of unbranched alkanes of at least 4 members (excludes halogenated alkanes) is 6. The van der Waals surface area contributed by atoms with E-state index in [0.29, 0.717) is 5.92 Å². The fraction of sp³-hybridized carbons (Fsp3) is 0.600. The summed E-state index contributed by atoms with van der Waals surface area (Å²) < 4.78 is 0. The van der Waals surface area contributed by atoms with E-state index in [2.05, 4.69) is 61.8 Å². The first-order chi connectivity index (χ1) is 14.8. The summed E-state index contributed by atoms with van der Waals surface area (Å²) in [4.78, 5) is 0. The fourth-order valence-electron chi connectivity index (χ4n) is 4.34. The molecule has 1 aliphatic carbocycles. The third kappa shape index (κ3) is 10.7. The molecule has 0 nitrogen and oxygen atoms in total. The number of rotatable bonds is 10. The van der Waals surface area contributed by atoms with Crippen molar-refractivity contribution in [2.75, 3.05) is 0 Å². The van der Waals surface area contributed by atoms with Gasteiger partial charge in [-0.1, -0.05) is 101 Å². The summed E-state index contributed by atoms with van der Waals surface area (Å²) in [5.74, 6) is 14.6. The number of hydrogen-bond donors (Lipinski definition) is 0. The van der Waals surface area contributed by atoms with Crippen molar-refractivity contribution < 1.29 is 0 Å². The van der Waals surface area contributed by atoms with E-state index in [4.69, 9.17) is 0 Å². The Morgan fingerprint density at radius 1 is 0.767 bits per heavy atom. The van der Waals surface area contributed by atoms with E-state index in [1.807, 2.05) is 12.2 Å².